The van der Waals surface area contributed by atoms with E-state index < -0.39 is 19.7 Å². The van der Waals surface area contributed by atoms with Crippen LogP contribution in [-0.4, -0.2) is 31.4 Å². The van der Waals surface area contributed by atoms with Crippen LogP contribution in [-0.2, 0) is 0 Å². The Labute approximate surface area is 87.4 Å². The van der Waals surface area contributed by atoms with Crippen LogP contribution in [0, 0.1) is 5.41 Å². The molecule has 0 rings (SSSR count). The van der Waals surface area contributed by atoms with Crippen LogP contribution < -0.4 is 0 Å². The first-order valence-electron chi connectivity index (χ1n) is 4.63. The highest BCUT2D eigenvalue weighted by molar-refractivity contribution is 7.45. The first-order chi connectivity index (χ1) is 5.98. The SMILES string of the molecule is CC(C)(C)C(N(O)C(C)(C)C)P(O)O. The average Bonchev–Trinajstić information content (AvgIpc) is 1.79. The topological polar surface area (TPSA) is 63.9 Å². The van der Waals surface area contributed by atoms with E-state index in [0.29, 0.717) is 0 Å². The molecular weight excluding hydrogens is 201 g/mol. The molecule has 0 aromatic rings. The molecule has 1 atom stereocenters. The maximum atomic E-state index is 9.88. The Morgan fingerprint density at radius 3 is 1.43 bits per heavy atom. The fourth-order valence-corrected chi connectivity index (χ4v) is 2.41. The summed E-state index contributed by atoms with van der Waals surface area (Å²) in [7, 11) is -2.18. The minimum atomic E-state index is -2.18. The molecule has 0 amide bonds. The third-order valence-electron chi connectivity index (χ3n) is 1.91. The summed E-state index contributed by atoms with van der Waals surface area (Å²) in [5, 5.41) is 10.9. The summed E-state index contributed by atoms with van der Waals surface area (Å²) in [6.45, 7) is 11.1. The van der Waals surface area contributed by atoms with Crippen molar-refractivity contribution in [2.75, 3.05) is 0 Å². The average molecular weight is 223 g/mol. The summed E-state index contributed by atoms with van der Waals surface area (Å²) in [6, 6.07) is 0. The Morgan fingerprint density at radius 2 is 1.36 bits per heavy atom. The Hall–Kier alpha value is 0.270. The predicted octanol–water partition coefficient (Wildman–Crippen LogP) is 2.14. The zero-order valence-electron chi connectivity index (χ0n) is 9.81. The molecule has 0 aliphatic carbocycles. The molecule has 0 saturated heterocycles. The first-order valence-corrected chi connectivity index (χ1v) is 5.95. The van der Waals surface area contributed by atoms with Crippen LogP contribution in [0.15, 0.2) is 0 Å². The molecule has 4 nitrogen and oxygen atoms in total. The minimum Gasteiger partial charge on any atom is -0.349 e. The van der Waals surface area contributed by atoms with E-state index in [9.17, 15) is 15.0 Å². The molecule has 0 spiro atoms. The summed E-state index contributed by atoms with van der Waals surface area (Å²) >= 11 is 0. The molecule has 5 heteroatoms. The second-order valence-electron chi connectivity index (χ2n) is 5.58. The van der Waals surface area contributed by atoms with Crippen LogP contribution in [0.1, 0.15) is 41.5 Å². The standard InChI is InChI=1S/C9H22NO3P/c1-8(2,3)7(14(12)13)10(11)9(4,5)6/h7,11-13H,1-6H3. The van der Waals surface area contributed by atoms with E-state index in [-0.39, 0.29) is 5.41 Å². The van der Waals surface area contributed by atoms with Gasteiger partial charge >= 0.3 is 0 Å². The first kappa shape index (κ1) is 14.3. The second-order valence-corrected chi connectivity index (χ2v) is 6.71. The van der Waals surface area contributed by atoms with Crippen LogP contribution in [0.3, 0.4) is 0 Å². The van der Waals surface area contributed by atoms with Crippen molar-refractivity contribution in [2.24, 2.45) is 5.41 Å². The van der Waals surface area contributed by atoms with E-state index in [4.69, 9.17) is 0 Å². The van der Waals surface area contributed by atoms with Crippen LogP contribution in [0.2, 0.25) is 0 Å². The molecule has 0 bridgehead atoms. The van der Waals surface area contributed by atoms with Gasteiger partial charge in [0, 0.05) is 5.54 Å². The van der Waals surface area contributed by atoms with E-state index >= 15 is 0 Å². The van der Waals surface area contributed by atoms with Crippen molar-refractivity contribution in [3.05, 3.63) is 0 Å². The largest absolute Gasteiger partial charge is 0.349 e. The Balaban J connectivity index is 4.86. The number of hydrogen-bond donors (Lipinski definition) is 3. The lowest BCUT2D eigenvalue weighted by molar-refractivity contribution is -0.187. The molecule has 0 fully saturated rings. The number of rotatable bonds is 2. The van der Waals surface area contributed by atoms with Crippen molar-refractivity contribution in [1.29, 1.82) is 0 Å². The maximum Gasteiger partial charge on any atom is 0.186 e. The van der Waals surface area contributed by atoms with Gasteiger partial charge in [0.05, 0.1) is 0 Å². The fourth-order valence-electron chi connectivity index (χ4n) is 1.18. The van der Waals surface area contributed by atoms with Gasteiger partial charge in [-0.2, -0.15) is 5.06 Å². The van der Waals surface area contributed by atoms with Gasteiger partial charge in [-0.1, -0.05) is 20.8 Å². The van der Waals surface area contributed by atoms with Gasteiger partial charge in [-0.15, -0.1) is 0 Å². The predicted molar refractivity (Wildman–Crippen MR) is 58.0 cm³/mol. The van der Waals surface area contributed by atoms with Gasteiger partial charge in [0.15, 0.2) is 8.38 Å². The zero-order chi connectivity index (χ0) is 11.7. The number of hydrogen-bond acceptors (Lipinski definition) is 4. The second kappa shape index (κ2) is 4.42. The molecule has 3 N–H and O–H groups in total. The van der Waals surface area contributed by atoms with Crippen LogP contribution >= 0.6 is 8.38 Å². The molecular formula is C9H22NO3P. The van der Waals surface area contributed by atoms with Crippen molar-refractivity contribution >= 4 is 8.38 Å². The molecule has 14 heavy (non-hydrogen) atoms. The highest BCUT2D eigenvalue weighted by Gasteiger charge is 2.40. The lowest BCUT2D eigenvalue weighted by Crippen LogP contribution is -2.50. The summed E-state index contributed by atoms with van der Waals surface area (Å²) in [6.07, 6.45) is 0. The maximum absolute atomic E-state index is 9.88. The van der Waals surface area contributed by atoms with Gasteiger partial charge in [-0.25, -0.2) is 0 Å². The Bertz CT molecular complexity index is 183. The Morgan fingerprint density at radius 1 is 1.00 bits per heavy atom. The molecule has 0 aliphatic heterocycles. The smallest absolute Gasteiger partial charge is 0.186 e. The zero-order valence-corrected chi connectivity index (χ0v) is 10.7. The molecule has 1 unspecified atom stereocenters. The van der Waals surface area contributed by atoms with Gasteiger partial charge in [0.25, 0.3) is 0 Å². The van der Waals surface area contributed by atoms with Crippen LogP contribution in [0.5, 0.6) is 0 Å². The molecule has 0 aliphatic rings. The quantitative estimate of drug-likeness (QED) is 0.495. The monoisotopic (exact) mass is 223 g/mol. The summed E-state index contributed by atoms with van der Waals surface area (Å²) < 4.78 is 0. The highest BCUT2D eigenvalue weighted by Crippen LogP contribution is 2.45. The molecule has 0 heterocycles. The molecule has 0 aromatic carbocycles. The lowest BCUT2D eigenvalue weighted by atomic mass is 9.94. The van der Waals surface area contributed by atoms with Gasteiger partial charge in [0.1, 0.15) is 5.78 Å². The Kier molecular flexibility index (Phi) is 4.50. The fraction of sp³-hybridized carbons (Fsp3) is 1.00. The molecule has 0 aromatic heterocycles. The normalized spacial score (nSPS) is 16.5. The summed E-state index contributed by atoms with van der Waals surface area (Å²) in [5.41, 5.74) is -0.874. The van der Waals surface area contributed by atoms with E-state index in [1.54, 1.807) is 0 Å². The van der Waals surface area contributed by atoms with E-state index in [1.165, 1.54) is 0 Å². The van der Waals surface area contributed by atoms with Crippen molar-refractivity contribution in [1.82, 2.24) is 5.06 Å². The van der Waals surface area contributed by atoms with Gasteiger partial charge in [0.2, 0.25) is 0 Å². The molecule has 0 radical (unpaired) electrons. The summed E-state index contributed by atoms with van der Waals surface area (Å²) in [4.78, 5) is 18.6. The lowest BCUT2D eigenvalue weighted by Gasteiger charge is -2.42. The molecule has 0 saturated carbocycles. The van der Waals surface area contributed by atoms with E-state index in [0.717, 1.165) is 5.06 Å². The van der Waals surface area contributed by atoms with Gasteiger partial charge < -0.3 is 15.0 Å². The van der Waals surface area contributed by atoms with Crippen molar-refractivity contribution < 1.29 is 15.0 Å². The van der Waals surface area contributed by atoms with Crippen molar-refractivity contribution in [3.8, 4) is 0 Å². The number of hydroxylamine groups is 2. The third-order valence-corrected chi connectivity index (χ3v) is 3.34. The molecule has 86 valence electrons. The van der Waals surface area contributed by atoms with Gasteiger partial charge in [-0.3, -0.25) is 0 Å². The van der Waals surface area contributed by atoms with Crippen molar-refractivity contribution in [3.63, 3.8) is 0 Å². The van der Waals surface area contributed by atoms with Gasteiger partial charge in [-0.05, 0) is 26.2 Å². The third kappa shape index (κ3) is 3.79. The van der Waals surface area contributed by atoms with Crippen molar-refractivity contribution in [2.45, 2.75) is 52.9 Å². The van der Waals surface area contributed by atoms with Crippen LogP contribution in [0.4, 0.5) is 0 Å². The van der Waals surface area contributed by atoms with E-state index in [1.807, 2.05) is 41.5 Å². The summed E-state index contributed by atoms with van der Waals surface area (Å²) in [5.74, 6) is -0.641. The van der Waals surface area contributed by atoms with Crippen LogP contribution in [0.25, 0.3) is 0 Å². The minimum absolute atomic E-state index is 0.378. The number of nitrogens with zero attached hydrogens (tertiary/aromatic N) is 1. The highest BCUT2D eigenvalue weighted by atomic mass is 31.2. The van der Waals surface area contributed by atoms with E-state index in [2.05, 4.69) is 0 Å².